The number of nitrogens with zero attached hydrogens (tertiary/aromatic N) is 1. The third-order valence-electron chi connectivity index (χ3n) is 1.95. The predicted octanol–water partition coefficient (Wildman–Crippen LogP) is 1.35. The summed E-state index contributed by atoms with van der Waals surface area (Å²) in [5, 5.41) is 4.72. The number of aliphatic imine (C=N–C) groups is 1. The van der Waals surface area contributed by atoms with Crippen LogP contribution in [-0.2, 0) is 10.0 Å². The first kappa shape index (κ1) is 19.6. The minimum Gasteiger partial charge on any atom is -0.370 e. The van der Waals surface area contributed by atoms with Crippen LogP contribution in [0.15, 0.2) is 26.7 Å². The Balaban J connectivity index is 0.00000361. The molecule has 1 aromatic rings. The topological polar surface area (TPSA) is 96.6 Å². The number of rotatable bonds is 5. The van der Waals surface area contributed by atoms with E-state index in [9.17, 15) is 8.42 Å². The molecule has 0 unspecified atom stereocenters. The quantitative estimate of drug-likeness (QED) is 0.283. The van der Waals surface area contributed by atoms with Crippen molar-refractivity contribution in [1.82, 2.24) is 10.0 Å². The van der Waals surface area contributed by atoms with E-state index in [-0.39, 0.29) is 36.1 Å². The summed E-state index contributed by atoms with van der Waals surface area (Å²) in [6, 6.07) is 3.26. The van der Waals surface area contributed by atoms with Gasteiger partial charge in [0.1, 0.15) is 4.21 Å². The number of guanidine groups is 1. The van der Waals surface area contributed by atoms with Gasteiger partial charge in [-0.25, -0.2) is 13.1 Å². The number of nitrogens with one attached hydrogen (secondary N) is 2. The third kappa shape index (κ3) is 7.41. The zero-order valence-corrected chi connectivity index (χ0v) is 15.7. The van der Waals surface area contributed by atoms with Gasteiger partial charge in [-0.2, -0.15) is 0 Å². The Morgan fingerprint density at radius 3 is 2.60 bits per heavy atom. The second kappa shape index (κ2) is 8.15. The first-order chi connectivity index (χ1) is 8.71. The normalized spacial score (nSPS) is 12.8. The number of hydrogen-bond acceptors (Lipinski definition) is 4. The average Bonchev–Trinajstić information content (AvgIpc) is 2.75. The van der Waals surface area contributed by atoms with Crippen LogP contribution in [0.4, 0.5) is 0 Å². The number of hydrogen-bond donors (Lipinski definition) is 3. The minimum atomic E-state index is -3.41. The standard InChI is InChI=1S/C11H20N4O2S2.HI/c1-11(2,3)15-10(12)13-6-7-14-19(16,17)9-5-4-8-18-9;/h4-5,8,14H,6-7H2,1-3H3,(H3,12,13,15);1H. The summed E-state index contributed by atoms with van der Waals surface area (Å²) in [4.78, 5) is 4.05. The molecule has 0 atom stereocenters. The van der Waals surface area contributed by atoms with E-state index >= 15 is 0 Å². The van der Waals surface area contributed by atoms with Gasteiger partial charge >= 0.3 is 0 Å². The molecule has 0 aliphatic rings. The van der Waals surface area contributed by atoms with E-state index in [0.717, 1.165) is 0 Å². The summed E-state index contributed by atoms with van der Waals surface area (Å²) in [6.07, 6.45) is 0. The first-order valence-corrected chi connectivity index (χ1v) is 8.18. The maximum absolute atomic E-state index is 11.8. The summed E-state index contributed by atoms with van der Waals surface area (Å²) in [5.41, 5.74) is 5.51. The number of thiophene rings is 1. The molecule has 0 spiro atoms. The Kier molecular flexibility index (Phi) is 7.99. The highest BCUT2D eigenvalue weighted by Crippen LogP contribution is 2.14. The lowest BCUT2D eigenvalue weighted by molar-refractivity contribution is 0.508. The van der Waals surface area contributed by atoms with Crippen LogP contribution >= 0.6 is 35.3 Å². The van der Waals surface area contributed by atoms with Gasteiger partial charge in [0.25, 0.3) is 0 Å². The predicted molar refractivity (Wildman–Crippen MR) is 94.3 cm³/mol. The van der Waals surface area contributed by atoms with Crippen LogP contribution < -0.4 is 15.8 Å². The van der Waals surface area contributed by atoms with Gasteiger partial charge < -0.3 is 11.1 Å². The molecule has 1 aromatic heterocycles. The van der Waals surface area contributed by atoms with E-state index in [2.05, 4.69) is 15.0 Å². The summed E-state index contributed by atoms with van der Waals surface area (Å²) >= 11 is 1.18. The molecule has 0 saturated heterocycles. The Hall–Kier alpha value is -0.390. The fraction of sp³-hybridized carbons (Fsp3) is 0.545. The van der Waals surface area contributed by atoms with Gasteiger partial charge in [0.15, 0.2) is 5.96 Å². The molecule has 0 radical (unpaired) electrons. The molecule has 0 aromatic carbocycles. The second-order valence-electron chi connectivity index (χ2n) is 4.97. The van der Waals surface area contributed by atoms with Crippen LogP contribution in [-0.4, -0.2) is 33.0 Å². The first-order valence-electron chi connectivity index (χ1n) is 5.82. The van der Waals surface area contributed by atoms with Crippen LogP contribution in [0.1, 0.15) is 20.8 Å². The van der Waals surface area contributed by atoms with Gasteiger partial charge in [0.05, 0.1) is 6.54 Å². The van der Waals surface area contributed by atoms with E-state index < -0.39 is 10.0 Å². The SMILES string of the molecule is CC(C)(C)NC(N)=NCCNS(=O)(=O)c1cccs1.I. The smallest absolute Gasteiger partial charge is 0.250 e. The summed E-state index contributed by atoms with van der Waals surface area (Å²) in [6.45, 7) is 6.41. The molecule has 0 aliphatic heterocycles. The third-order valence-corrected chi connectivity index (χ3v) is 4.81. The van der Waals surface area contributed by atoms with Crippen molar-refractivity contribution in [3.63, 3.8) is 0 Å². The maximum atomic E-state index is 11.8. The van der Waals surface area contributed by atoms with Crippen molar-refractivity contribution >= 4 is 51.3 Å². The Labute approximate surface area is 141 Å². The molecule has 9 heteroatoms. The van der Waals surface area contributed by atoms with Crippen molar-refractivity contribution < 1.29 is 8.42 Å². The molecule has 116 valence electrons. The lowest BCUT2D eigenvalue weighted by atomic mass is 10.1. The van der Waals surface area contributed by atoms with Gasteiger partial charge in [-0.15, -0.1) is 35.3 Å². The largest absolute Gasteiger partial charge is 0.370 e. The lowest BCUT2D eigenvalue weighted by Gasteiger charge is -2.20. The molecule has 4 N–H and O–H groups in total. The van der Waals surface area contributed by atoms with Crippen LogP contribution in [0.25, 0.3) is 0 Å². The van der Waals surface area contributed by atoms with Crippen LogP contribution in [0, 0.1) is 0 Å². The molecule has 0 saturated carbocycles. The summed E-state index contributed by atoms with van der Waals surface area (Å²) < 4.78 is 26.3. The lowest BCUT2D eigenvalue weighted by Crippen LogP contribution is -2.45. The molecular formula is C11H21IN4O2S2. The van der Waals surface area contributed by atoms with E-state index in [1.807, 2.05) is 20.8 Å². The molecule has 0 aliphatic carbocycles. The highest BCUT2D eigenvalue weighted by atomic mass is 127. The minimum absolute atomic E-state index is 0. The van der Waals surface area contributed by atoms with Crippen molar-refractivity contribution in [3.8, 4) is 0 Å². The molecule has 0 amide bonds. The molecule has 6 nitrogen and oxygen atoms in total. The summed E-state index contributed by atoms with van der Waals surface area (Å²) in [7, 11) is -3.41. The van der Waals surface area contributed by atoms with E-state index in [0.29, 0.717) is 16.7 Å². The number of sulfonamides is 1. The van der Waals surface area contributed by atoms with E-state index in [1.54, 1.807) is 17.5 Å². The van der Waals surface area contributed by atoms with Gasteiger partial charge in [-0.05, 0) is 32.2 Å². The van der Waals surface area contributed by atoms with Crippen molar-refractivity contribution in [3.05, 3.63) is 17.5 Å². The van der Waals surface area contributed by atoms with Crippen molar-refractivity contribution in [2.75, 3.05) is 13.1 Å². The number of nitrogens with two attached hydrogens (primary N) is 1. The van der Waals surface area contributed by atoms with Crippen LogP contribution in [0.3, 0.4) is 0 Å². The summed E-state index contributed by atoms with van der Waals surface area (Å²) in [5.74, 6) is 0.308. The van der Waals surface area contributed by atoms with E-state index in [4.69, 9.17) is 5.73 Å². The highest BCUT2D eigenvalue weighted by Gasteiger charge is 2.14. The Morgan fingerprint density at radius 1 is 1.45 bits per heavy atom. The van der Waals surface area contributed by atoms with Gasteiger partial charge in [-0.1, -0.05) is 6.07 Å². The fourth-order valence-electron chi connectivity index (χ4n) is 1.27. The molecule has 0 fully saturated rings. The zero-order valence-electron chi connectivity index (χ0n) is 11.7. The van der Waals surface area contributed by atoms with Crippen LogP contribution in [0.5, 0.6) is 0 Å². The average molecular weight is 432 g/mol. The van der Waals surface area contributed by atoms with Gasteiger partial charge in [0, 0.05) is 12.1 Å². The van der Waals surface area contributed by atoms with Crippen molar-refractivity contribution in [2.24, 2.45) is 10.7 Å². The zero-order chi connectivity index (χ0) is 14.5. The second-order valence-corrected chi connectivity index (χ2v) is 7.91. The number of halogens is 1. The fourth-order valence-corrected chi connectivity index (χ4v) is 3.33. The monoisotopic (exact) mass is 432 g/mol. The van der Waals surface area contributed by atoms with Gasteiger partial charge in [0.2, 0.25) is 10.0 Å². The molecule has 20 heavy (non-hydrogen) atoms. The Morgan fingerprint density at radius 2 is 2.10 bits per heavy atom. The van der Waals surface area contributed by atoms with E-state index in [1.165, 1.54) is 11.3 Å². The molecule has 0 bridgehead atoms. The Bertz CT molecular complexity index is 521. The maximum Gasteiger partial charge on any atom is 0.250 e. The van der Waals surface area contributed by atoms with Crippen molar-refractivity contribution in [2.45, 2.75) is 30.5 Å². The molecule has 1 rings (SSSR count). The van der Waals surface area contributed by atoms with Gasteiger partial charge in [-0.3, -0.25) is 4.99 Å². The highest BCUT2D eigenvalue weighted by molar-refractivity contribution is 14.0. The molecular weight excluding hydrogens is 411 g/mol. The van der Waals surface area contributed by atoms with Crippen molar-refractivity contribution in [1.29, 1.82) is 0 Å². The molecule has 1 heterocycles. The van der Waals surface area contributed by atoms with Crippen LogP contribution in [0.2, 0.25) is 0 Å².